The van der Waals surface area contributed by atoms with Gasteiger partial charge in [0.25, 0.3) is 0 Å². The van der Waals surface area contributed by atoms with Crippen LogP contribution in [0.2, 0.25) is 0 Å². The summed E-state index contributed by atoms with van der Waals surface area (Å²) >= 11 is 1.89. The number of hydrogen-bond donors (Lipinski definition) is 0. The number of aromatic nitrogens is 2. The Kier molecular flexibility index (Phi) is 7.51. The summed E-state index contributed by atoms with van der Waals surface area (Å²) in [6.45, 7) is 9.45. The van der Waals surface area contributed by atoms with Crippen LogP contribution in [0.25, 0.3) is 64.9 Å². The molecule has 2 aliphatic heterocycles. The molecule has 3 aliphatic rings. The standard InChI is InChI=1S/C23H19NO.C21H17NS.C2H6/c1-2-9-17-15(7-1)16-8-3-4-10-18(16)21-19(17)13-20-22(24-21)25-14-23(20)11-5-6-12-23;1-21(2)12-23-20-18(21)11-17-15-9-4-3-7-13(15)14-8-5-6-10-16(14)19(17)22-20;1-2/h1-4,7-10,13H,5-6,11-12,14H2;3-11H,12H2,1-2H3;1-2H3. The molecule has 0 saturated heterocycles. The van der Waals surface area contributed by atoms with Crippen LogP contribution < -0.4 is 4.74 Å². The second-order valence-electron chi connectivity index (χ2n) is 14.6. The minimum atomic E-state index is 0.202. The van der Waals surface area contributed by atoms with Gasteiger partial charge in [-0.15, -0.1) is 11.8 Å². The fraction of sp³-hybridized carbons (Fsp3) is 0.261. The van der Waals surface area contributed by atoms with Crippen LogP contribution in [0, 0.1) is 0 Å². The van der Waals surface area contributed by atoms with Gasteiger partial charge in [0.1, 0.15) is 5.03 Å². The van der Waals surface area contributed by atoms with E-state index in [0.717, 1.165) is 29.3 Å². The smallest absolute Gasteiger partial charge is 0.217 e. The Morgan fingerprint density at radius 1 is 0.540 bits per heavy atom. The van der Waals surface area contributed by atoms with Crippen LogP contribution in [0.15, 0.2) is 114 Å². The first-order valence-corrected chi connectivity index (χ1v) is 19.2. The molecule has 1 spiro atoms. The molecule has 0 unspecified atom stereocenters. The van der Waals surface area contributed by atoms with Gasteiger partial charge in [0.05, 0.1) is 17.6 Å². The van der Waals surface area contributed by atoms with Gasteiger partial charge in [-0.1, -0.05) is 138 Å². The molecule has 50 heavy (non-hydrogen) atoms. The van der Waals surface area contributed by atoms with Gasteiger partial charge in [-0.3, -0.25) is 0 Å². The summed E-state index contributed by atoms with van der Waals surface area (Å²) < 4.78 is 6.09. The lowest BCUT2D eigenvalue weighted by molar-refractivity contribution is 0.262. The third-order valence-corrected chi connectivity index (χ3v) is 12.7. The molecular weight excluding hydrogens is 629 g/mol. The Hall–Kier alpha value is -4.67. The second-order valence-corrected chi connectivity index (χ2v) is 15.6. The normalized spacial score (nSPS) is 16.7. The van der Waals surface area contributed by atoms with Crippen LogP contribution in [0.1, 0.15) is 64.5 Å². The summed E-state index contributed by atoms with van der Waals surface area (Å²) in [4.78, 5) is 10.1. The molecule has 0 bridgehead atoms. The number of hydrogen-bond acceptors (Lipinski definition) is 4. The van der Waals surface area contributed by atoms with Crippen LogP contribution >= 0.6 is 11.8 Å². The zero-order valence-corrected chi connectivity index (χ0v) is 30.2. The summed E-state index contributed by atoms with van der Waals surface area (Å²) in [6, 6.07) is 39.5. The van der Waals surface area contributed by atoms with Crippen molar-refractivity contribution in [3.8, 4) is 5.88 Å². The maximum Gasteiger partial charge on any atom is 0.217 e. The van der Waals surface area contributed by atoms with E-state index in [0.29, 0.717) is 0 Å². The summed E-state index contributed by atoms with van der Waals surface area (Å²) in [7, 11) is 0. The lowest BCUT2D eigenvalue weighted by Crippen LogP contribution is -2.23. The Labute approximate surface area is 298 Å². The van der Waals surface area contributed by atoms with Gasteiger partial charge >= 0.3 is 0 Å². The number of pyridine rings is 2. The number of fused-ring (bicyclic) bond motifs is 15. The summed E-state index contributed by atoms with van der Waals surface area (Å²) in [5, 5.41) is 14.0. The van der Waals surface area contributed by atoms with Crippen LogP contribution in [0.5, 0.6) is 5.88 Å². The van der Waals surface area contributed by atoms with Crippen molar-refractivity contribution < 1.29 is 4.74 Å². The topological polar surface area (TPSA) is 35.0 Å². The van der Waals surface area contributed by atoms with Crippen molar-refractivity contribution in [2.75, 3.05) is 12.4 Å². The maximum atomic E-state index is 6.09. The van der Waals surface area contributed by atoms with Gasteiger partial charge in [-0.2, -0.15) is 0 Å². The monoisotopic (exact) mass is 670 g/mol. The second kappa shape index (κ2) is 12.0. The molecule has 1 fully saturated rings. The van der Waals surface area contributed by atoms with Crippen LogP contribution in [0.4, 0.5) is 0 Å². The number of nitrogens with zero attached hydrogens (tertiary/aromatic N) is 2. The molecule has 1 saturated carbocycles. The van der Waals surface area contributed by atoms with E-state index in [1.807, 2.05) is 25.6 Å². The Morgan fingerprint density at radius 3 is 1.48 bits per heavy atom. The number of benzene rings is 6. The molecule has 6 aromatic carbocycles. The van der Waals surface area contributed by atoms with Crippen molar-refractivity contribution in [1.82, 2.24) is 9.97 Å². The van der Waals surface area contributed by atoms with Gasteiger partial charge in [0.2, 0.25) is 5.88 Å². The highest BCUT2D eigenvalue weighted by Crippen LogP contribution is 2.50. The fourth-order valence-electron chi connectivity index (χ4n) is 8.73. The molecule has 248 valence electrons. The first kappa shape index (κ1) is 31.3. The SMILES string of the molecule is CC.CC1(C)CSc2nc3c4ccccc4c4ccccc4c3cc21.c1ccc2c(c1)c1ccccc1c1nc3c(cc21)C1(CCCC1)CO3. The van der Waals surface area contributed by atoms with E-state index in [9.17, 15) is 0 Å². The lowest BCUT2D eigenvalue weighted by Gasteiger charge is -2.21. The molecule has 11 rings (SSSR count). The van der Waals surface area contributed by atoms with Gasteiger partial charge in [-0.05, 0) is 62.9 Å². The van der Waals surface area contributed by atoms with E-state index >= 15 is 0 Å². The van der Waals surface area contributed by atoms with E-state index in [-0.39, 0.29) is 10.8 Å². The quantitative estimate of drug-likeness (QED) is 0.150. The van der Waals surface area contributed by atoms with Crippen molar-refractivity contribution >= 4 is 76.7 Å². The third kappa shape index (κ3) is 4.71. The molecule has 0 amide bonds. The fourth-order valence-corrected chi connectivity index (χ4v) is 10.0. The van der Waals surface area contributed by atoms with E-state index in [2.05, 4.69) is 123 Å². The van der Waals surface area contributed by atoms with E-state index < -0.39 is 0 Å². The summed E-state index contributed by atoms with van der Waals surface area (Å²) in [5.74, 6) is 1.98. The highest BCUT2D eigenvalue weighted by atomic mass is 32.2. The van der Waals surface area contributed by atoms with Gasteiger partial charge in [0.15, 0.2) is 0 Å². The predicted octanol–water partition coefficient (Wildman–Crippen LogP) is 12.7. The molecule has 8 aromatic rings. The van der Waals surface area contributed by atoms with Crippen LogP contribution in [-0.2, 0) is 10.8 Å². The number of ether oxygens (including phenoxy) is 1. The largest absolute Gasteiger partial charge is 0.476 e. The molecule has 1 aliphatic carbocycles. The number of rotatable bonds is 0. The van der Waals surface area contributed by atoms with Crippen LogP contribution in [0.3, 0.4) is 0 Å². The van der Waals surface area contributed by atoms with Gasteiger partial charge in [0, 0.05) is 43.7 Å². The molecule has 3 nitrogen and oxygen atoms in total. The highest BCUT2D eigenvalue weighted by molar-refractivity contribution is 7.99. The molecule has 4 heterocycles. The lowest BCUT2D eigenvalue weighted by atomic mass is 9.81. The summed E-state index contributed by atoms with van der Waals surface area (Å²) in [6.07, 6.45) is 5.08. The van der Waals surface area contributed by atoms with Gasteiger partial charge < -0.3 is 4.74 Å². The number of thioether (sulfide) groups is 1. The Bertz CT molecular complexity index is 2620. The molecule has 0 atom stereocenters. The molecule has 0 radical (unpaired) electrons. The molecule has 4 heteroatoms. The highest BCUT2D eigenvalue weighted by Gasteiger charge is 2.44. The van der Waals surface area contributed by atoms with Crippen LogP contribution in [-0.4, -0.2) is 22.3 Å². The average molecular weight is 671 g/mol. The van der Waals surface area contributed by atoms with E-state index in [4.69, 9.17) is 14.7 Å². The molecular formula is C46H42N2OS. The van der Waals surface area contributed by atoms with Crippen molar-refractivity contribution in [3.05, 3.63) is 120 Å². The summed E-state index contributed by atoms with van der Waals surface area (Å²) in [5.41, 5.74) is 5.37. The Balaban J connectivity index is 0.000000129. The van der Waals surface area contributed by atoms with Crippen molar-refractivity contribution in [1.29, 1.82) is 0 Å². The van der Waals surface area contributed by atoms with Crippen molar-refractivity contribution in [3.63, 3.8) is 0 Å². The molecule has 0 N–H and O–H groups in total. The third-order valence-electron chi connectivity index (χ3n) is 11.3. The average Bonchev–Trinajstić information content (AvgIpc) is 3.89. The first-order valence-electron chi connectivity index (χ1n) is 18.3. The molecule has 2 aromatic heterocycles. The minimum Gasteiger partial charge on any atom is -0.476 e. The van der Waals surface area contributed by atoms with E-state index in [1.165, 1.54) is 95.7 Å². The van der Waals surface area contributed by atoms with Crippen molar-refractivity contribution in [2.45, 2.75) is 69.2 Å². The van der Waals surface area contributed by atoms with Gasteiger partial charge in [-0.25, -0.2) is 9.97 Å². The zero-order chi connectivity index (χ0) is 34.0. The minimum absolute atomic E-state index is 0.202. The van der Waals surface area contributed by atoms with E-state index in [1.54, 1.807) is 0 Å². The van der Waals surface area contributed by atoms with Crippen molar-refractivity contribution in [2.24, 2.45) is 0 Å². The predicted molar refractivity (Wildman–Crippen MR) is 214 cm³/mol. The maximum absolute atomic E-state index is 6.09. The zero-order valence-electron chi connectivity index (χ0n) is 29.3. The first-order chi connectivity index (χ1) is 24.5. The Morgan fingerprint density at radius 2 is 0.960 bits per heavy atom.